The van der Waals surface area contributed by atoms with Gasteiger partial charge in [-0.3, -0.25) is 0 Å². The smallest absolute Gasteiger partial charge is 0.235 e. The van der Waals surface area contributed by atoms with E-state index < -0.39 is 0 Å². The fourth-order valence-corrected chi connectivity index (χ4v) is 1.39. The molecule has 2 aromatic rings. The summed E-state index contributed by atoms with van der Waals surface area (Å²) in [5.74, 6) is 0. The Labute approximate surface area is 80.9 Å². The summed E-state index contributed by atoms with van der Waals surface area (Å²) in [6, 6.07) is 7.86. The van der Waals surface area contributed by atoms with E-state index in [1.165, 1.54) is 6.08 Å². The van der Waals surface area contributed by atoms with E-state index in [1.54, 1.807) is 6.33 Å². The molecule has 0 radical (unpaired) electrons. The Hall–Kier alpha value is -1.93. The fourth-order valence-electron chi connectivity index (χ4n) is 1.39. The van der Waals surface area contributed by atoms with Gasteiger partial charge in [0.15, 0.2) is 0 Å². The minimum absolute atomic E-state index is 0.448. The van der Waals surface area contributed by atoms with Crippen molar-refractivity contribution in [2.75, 3.05) is 6.54 Å². The van der Waals surface area contributed by atoms with Gasteiger partial charge < -0.3 is 4.57 Å². The average molecular weight is 187 g/mol. The normalized spacial score (nSPS) is 10.0. The van der Waals surface area contributed by atoms with Crippen molar-refractivity contribution in [2.45, 2.75) is 6.54 Å². The Bertz CT molecular complexity index is 483. The maximum absolute atomic E-state index is 9.88. The molecule has 70 valence electrons. The average Bonchev–Trinajstić information content (AvgIpc) is 2.63. The van der Waals surface area contributed by atoms with E-state index in [0.717, 1.165) is 11.0 Å². The van der Waals surface area contributed by atoms with Gasteiger partial charge in [0.05, 0.1) is 23.9 Å². The van der Waals surface area contributed by atoms with Crippen LogP contribution >= 0.6 is 0 Å². The molecule has 0 aliphatic heterocycles. The van der Waals surface area contributed by atoms with Gasteiger partial charge in [0.1, 0.15) is 0 Å². The largest absolute Gasteiger partial charge is 0.329 e. The highest BCUT2D eigenvalue weighted by atomic mass is 16.1. The molecule has 1 aromatic carbocycles. The molecule has 0 aliphatic rings. The third-order valence-corrected chi connectivity index (χ3v) is 2.04. The number of fused-ring (bicyclic) bond motifs is 1. The number of aliphatic imine (C=N–C) groups is 1. The summed E-state index contributed by atoms with van der Waals surface area (Å²) in [4.78, 5) is 17.6. The minimum atomic E-state index is 0.448. The quantitative estimate of drug-likeness (QED) is 0.538. The summed E-state index contributed by atoms with van der Waals surface area (Å²) in [6.07, 6.45) is 3.27. The van der Waals surface area contributed by atoms with Crippen molar-refractivity contribution in [1.82, 2.24) is 9.55 Å². The number of isocyanates is 1. The van der Waals surface area contributed by atoms with Crippen molar-refractivity contribution < 1.29 is 4.79 Å². The maximum Gasteiger partial charge on any atom is 0.235 e. The van der Waals surface area contributed by atoms with Gasteiger partial charge in [-0.15, -0.1) is 0 Å². The lowest BCUT2D eigenvalue weighted by molar-refractivity contribution is 0.561. The molecule has 4 nitrogen and oxygen atoms in total. The van der Waals surface area contributed by atoms with Gasteiger partial charge in [0, 0.05) is 6.54 Å². The first-order valence-corrected chi connectivity index (χ1v) is 4.35. The monoisotopic (exact) mass is 187 g/mol. The zero-order valence-electron chi connectivity index (χ0n) is 7.55. The fraction of sp³-hybridized carbons (Fsp3) is 0.200. The summed E-state index contributed by atoms with van der Waals surface area (Å²) in [5.41, 5.74) is 2.02. The second kappa shape index (κ2) is 3.85. The van der Waals surface area contributed by atoms with Gasteiger partial charge in [-0.2, -0.15) is 0 Å². The van der Waals surface area contributed by atoms with Crippen LogP contribution < -0.4 is 0 Å². The van der Waals surface area contributed by atoms with Crippen LogP contribution in [0.5, 0.6) is 0 Å². The molecular weight excluding hydrogens is 178 g/mol. The van der Waals surface area contributed by atoms with Crippen LogP contribution in [0.1, 0.15) is 0 Å². The third kappa shape index (κ3) is 1.56. The number of hydrogen-bond donors (Lipinski definition) is 0. The van der Waals surface area contributed by atoms with Gasteiger partial charge in [0.25, 0.3) is 0 Å². The van der Waals surface area contributed by atoms with Gasteiger partial charge >= 0.3 is 0 Å². The first-order valence-electron chi connectivity index (χ1n) is 4.35. The predicted octanol–water partition coefficient (Wildman–Crippen LogP) is 1.37. The lowest BCUT2D eigenvalue weighted by atomic mass is 10.3. The van der Waals surface area contributed by atoms with E-state index in [4.69, 9.17) is 0 Å². The number of imidazole rings is 1. The van der Waals surface area contributed by atoms with Crippen LogP contribution in [0, 0.1) is 0 Å². The maximum atomic E-state index is 9.88. The molecular formula is C10H9N3O. The van der Waals surface area contributed by atoms with Gasteiger partial charge in [-0.25, -0.2) is 14.8 Å². The second-order valence-electron chi connectivity index (χ2n) is 2.90. The van der Waals surface area contributed by atoms with Gasteiger partial charge in [0.2, 0.25) is 6.08 Å². The summed E-state index contributed by atoms with van der Waals surface area (Å²) < 4.78 is 1.97. The molecule has 0 aliphatic carbocycles. The van der Waals surface area contributed by atoms with E-state index in [9.17, 15) is 4.79 Å². The van der Waals surface area contributed by atoms with E-state index >= 15 is 0 Å². The molecule has 0 atom stereocenters. The van der Waals surface area contributed by atoms with Crippen LogP contribution in [0.25, 0.3) is 11.0 Å². The highest BCUT2D eigenvalue weighted by Crippen LogP contribution is 2.10. The Morgan fingerprint density at radius 1 is 1.43 bits per heavy atom. The van der Waals surface area contributed by atoms with Gasteiger partial charge in [-0.05, 0) is 12.1 Å². The molecule has 0 fully saturated rings. The van der Waals surface area contributed by atoms with Crippen molar-refractivity contribution in [3.63, 3.8) is 0 Å². The molecule has 1 heterocycles. The number of rotatable bonds is 3. The molecule has 1 aromatic heterocycles. The highest BCUT2D eigenvalue weighted by Gasteiger charge is 1.99. The van der Waals surface area contributed by atoms with Gasteiger partial charge in [-0.1, -0.05) is 12.1 Å². The number of hydrogen-bond acceptors (Lipinski definition) is 3. The Morgan fingerprint density at radius 2 is 2.29 bits per heavy atom. The zero-order valence-corrected chi connectivity index (χ0v) is 7.55. The van der Waals surface area contributed by atoms with E-state index in [0.29, 0.717) is 13.1 Å². The summed E-state index contributed by atoms with van der Waals surface area (Å²) in [6.45, 7) is 1.11. The summed E-state index contributed by atoms with van der Waals surface area (Å²) >= 11 is 0. The Morgan fingerprint density at radius 3 is 3.14 bits per heavy atom. The summed E-state index contributed by atoms with van der Waals surface area (Å²) in [5, 5.41) is 0. The zero-order chi connectivity index (χ0) is 9.80. The molecule has 0 spiro atoms. The minimum Gasteiger partial charge on any atom is -0.329 e. The number of para-hydroxylation sites is 2. The Balaban J connectivity index is 2.29. The summed E-state index contributed by atoms with van der Waals surface area (Å²) in [7, 11) is 0. The lowest BCUT2D eigenvalue weighted by Crippen LogP contribution is -1.98. The first-order chi connectivity index (χ1) is 6.92. The predicted molar refractivity (Wildman–Crippen MR) is 52.7 cm³/mol. The second-order valence-corrected chi connectivity index (χ2v) is 2.90. The van der Waals surface area contributed by atoms with Crippen LogP contribution in [-0.2, 0) is 11.3 Å². The van der Waals surface area contributed by atoms with E-state index in [-0.39, 0.29) is 0 Å². The van der Waals surface area contributed by atoms with Crippen molar-refractivity contribution in [3.8, 4) is 0 Å². The van der Waals surface area contributed by atoms with Crippen molar-refractivity contribution in [1.29, 1.82) is 0 Å². The van der Waals surface area contributed by atoms with Crippen LogP contribution in [0.3, 0.4) is 0 Å². The van der Waals surface area contributed by atoms with Crippen molar-refractivity contribution in [3.05, 3.63) is 30.6 Å². The number of benzene rings is 1. The number of aromatic nitrogens is 2. The van der Waals surface area contributed by atoms with Crippen LogP contribution in [0.2, 0.25) is 0 Å². The lowest BCUT2D eigenvalue weighted by Gasteiger charge is -1.99. The molecule has 0 amide bonds. The van der Waals surface area contributed by atoms with Crippen molar-refractivity contribution >= 4 is 17.1 Å². The van der Waals surface area contributed by atoms with E-state index in [1.807, 2.05) is 28.8 Å². The van der Waals surface area contributed by atoms with Crippen LogP contribution in [-0.4, -0.2) is 22.2 Å². The topological polar surface area (TPSA) is 47.2 Å². The SMILES string of the molecule is O=C=NCCn1cnc2ccccc21. The molecule has 0 N–H and O–H groups in total. The highest BCUT2D eigenvalue weighted by molar-refractivity contribution is 5.74. The molecule has 0 unspecified atom stereocenters. The van der Waals surface area contributed by atoms with Crippen molar-refractivity contribution in [2.24, 2.45) is 4.99 Å². The molecule has 2 rings (SSSR count). The molecule has 4 heteroatoms. The molecule has 14 heavy (non-hydrogen) atoms. The van der Waals surface area contributed by atoms with Crippen LogP contribution in [0.15, 0.2) is 35.6 Å². The molecule has 0 saturated heterocycles. The number of nitrogens with zero attached hydrogens (tertiary/aromatic N) is 3. The van der Waals surface area contributed by atoms with E-state index in [2.05, 4.69) is 9.98 Å². The third-order valence-electron chi connectivity index (χ3n) is 2.04. The van der Waals surface area contributed by atoms with Crippen LogP contribution in [0.4, 0.5) is 0 Å². The molecule has 0 bridgehead atoms. The Kier molecular flexibility index (Phi) is 2.38. The standard InChI is InChI=1S/C10H9N3O/c14-8-11-5-6-13-7-12-9-3-1-2-4-10(9)13/h1-4,7H,5-6H2. The molecule has 0 saturated carbocycles. The first kappa shape index (κ1) is 8.66. The number of carbonyl (C=O) groups excluding carboxylic acids is 1.